The summed E-state index contributed by atoms with van der Waals surface area (Å²) in [6.07, 6.45) is 5.01. The second-order valence-corrected chi connectivity index (χ2v) is 4.13. The van der Waals surface area contributed by atoms with Gasteiger partial charge in [-0.15, -0.1) is 6.42 Å². The van der Waals surface area contributed by atoms with Gasteiger partial charge in [0.2, 0.25) is 5.76 Å². The summed E-state index contributed by atoms with van der Waals surface area (Å²) in [5, 5.41) is 4.32. The smallest absolute Gasteiger partial charge is 0.375 e. The minimum Gasteiger partial charge on any atom is -0.452 e. The molecule has 0 bridgehead atoms. The zero-order chi connectivity index (χ0) is 13.8. The van der Waals surface area contributed by atoms with Crippen molar-refractivity contribution in [2.45, 2.75) is 20.4 Å². The fourth-order valence-corrected chi connectivity index (χ4v) is 1.73. The summed E-state index contributed by atoms with van der Waals surface area (Å²) in [7, 11) is 0. The lowest BCUT2D eigenvalue weighted by Gasteiger charge is -2.01. The number of ether oxygens (including phenoxy) is 1. The van der Waals surface area contributed by atoms with Crippen LogP contribution in [0.1, 0.15) is 27.7 Å². The van der Waals surface area contributed by atoms with Crippen molar-refractivity contribution in [3.8, 4) is 12.3 Å². The van der Waals surface area contributed by atoms with Gasteiger partial charge in [0.15, 0.2) is 6.61 Å². The van der Waals surface area contributed by atoms with E-state index in [0.717, 1.165) is 11.4 Å². The number of aryl methyl sites for hydroxylation is 2. The first-order chi connectivity index (χ1) is 9.10. The molecule has 2 heterocycles. The average Bonchev–Trinajstić information content (AvgIpc) is 2.94. The standard InChI is InChI=1S/C14H14N2O3/c1-4-7-18-14(17)13-6-5-12(19-13)9-16-11(3)8-10(2)15-16/h1,5-6,8H,7,9H2,2-3H3. The zero-order valence-electron chi connectivity index (χ0n) is 10.8. The molecule has 0 radical (unpaired) electrons. The molecule has 0 aliphatic carbocycles. The number of rotatable bonds is 4. The Morgan fingerprint density at radius 1 is 1.53 bits per heavy atom. The highest BCUT2D eigenvalue weighted by molar-refractivity contribution is 5.86. The van der Waals surface area contributed by atoms with Crippen molar-refractivity contribution in [2.75, 3.05) is 6.61 Å². The van der Waals surface area contributed by atoms with Gasteiger partial charge in [-0.1, -0.05) is 5.92 Å². The second-order valence-electron chi connectivity index (χ2n) is 4.13. The van der Waals surface area contributed by atoms with Crippen molar-refractivity contribution >= 4 is 5.97 Å². The molecule has 0 saturated carbocycles. The van der Waals surface area contributed by atoms with Crippen LogP contribution < -0.4 is 0 Å². The minimum absolute atomic E-state index is 0.0632. The molecule has 2 rings (SSSR count). The van der Waals surface area contributed by atoms with Crippen LogP contribution in [0.3, 0.4) is 0 Å². The summed E-state index contributed by atoms with van der Waals surface area (Å²) in [6.45, 7) is 4.30. The van der Waals surface area contributed by atoms with E-state index in [2.05, 4.69) is 11.0 Å². The van der Waals surface area contributed by atoms with E-state index < -0.39 is 5.97 Å². The first-order valence-corrected chi connectivity index (χ1v) is 5.80. The number of hydrogen-bond acceptors (Lipinski definition) is 4. The molecule has 0 aliphatic rings. The lowest BCUT2D eigenvalue weighted by Crippen LogP contribution is -2.05. The predicted octanol–water partition coefficient (Wildman–Crippen LogP) is 1.93. The molecule has 5 heteroatoms. The molecule has 2 aromatic rings. The van der Waals surface area contributed by atoms with Gasteiger partial charge in [-0.2, -0.15) is 5.10 Å². The Morgan fingerprint density at radius 2 is 2.32 bits per heavy atom. The van der Waals surface area contributed by atoms with Crippen LogP contribution in [0.2, 0.25) is 0 Å². The molecule has 0 aromatic carbocycles. The van der Waals surface area contributed by atoms with Gasteiger partial charge in [0.25, 0.3) is 0 Å². The Balaban J connectivity index is 2.07. The van der Waals surface area contributed by atoms with Crippen molar-refractivity contribution in [3.05, 3.63) is 41.1 Å². The van der Waals surface area contributed by atoms with E-state index >= 15 is 0 Å². The molecule has 2 aromatic heterocycles. The lowest BCUT2D eigenvalue weighted by molar-refractivity contribution is 0.0518. The van der Waals surface area contributed by atoms with Crippen LogP contribution in [-0.4, -0.2) is 22.4 Å². The Bertz CT molecular complexity index is 631. The molecule has 19 heavy (non-hydrogen) atoms. The van der Waals surface area contributed by atoms with Crippen LogP contribution in [0.25, 0.3) is 0 Å². The van der Waals surface area contributed by atoms with E-state index in [1.807, 2.05) is 24.6 Å². The maximum Gasteiger partial charge on any atom is 0.375 e. The summed E-state index contributed by atoms with van der Waals surface area (Å²) in [5.74, 6) is 2.45. The van der Waals surface area contributed by atoms with E-state index in [9.17, 15) is 4.79 Å². The largest absolute Gasteiger partial charge is 0.452 e. The van der Waals surface area contributed by atoms with Crippen molar-refractivity contribution in [1.82, 2.24) is 9.78 Å². The highest BCUT2D eigenvalue weighted by atomic mass is 16.5. The van der Waals surface area contributed by atoms with Gasteiger partial charge in [0, 0.05) is 5.69 Å². The van der Waals surface area contributed by atoms with E-state index in [1.165, 1.54) is 0 Å². The molecular formula is C14H14N2O3. The molecule has 5 nitrogen and oxygen atoms in total. The molecule has 98 valence electrons. The topological polar surface area (TPSA) is 57.3 Å². The van der Waals surface area contributed by atoms with Gasteiger partial charge >= 0.3 is 5.97 Å². The fraction of sp³-hybridized carbons (Fsp3) is 0.286. The van der Waals surface area contributed by atoms with E-state index in [0.29, 0.717) is 12.3 Å². The normalized spacial score (nSPS) is 10.2. The van der Waals surface area contributed by atoms with Crippen molar-refractivity contribution in [1.29, 1.82) is 0 Å². The maximum absolute atomic E-state index is 11.5. The number of hydrogen-bond donors (Lipinski definition) is 0. The van der Waals surface area contributed by atoms with Crippen LogP contribution in [0.5, 0.6) is 0 Å². The first kappa shape index (κ1) is 13.0. The van der Waals surface area contributed by atoms with Crippen LogP contribution in [0, 0.1) is 26.2 Å². The third-order valence-corrected chi connectivity index (χ3v) is 2.56. The Kier molecular flexibility index (Phi) is 3.71. The number of esters is 1. The number of carbonyl (C=O) groups excluding carboxylic acids is 1. The summed E-state index contributed by atoms with van der Waals surface area (Å²) in [4.78, 5) is 11.5. The predicted molar refractivity (Wildman–Crippen MR) is 68.6 cm³/mol. The Labute approximate surface area is 111 Å². The van der Waals surface area contributed by atoms with Crippen molar-refractivity contribution in [2.24, 2.45) is 0 Å². The third kappa shape index (κ3) is 3.05. The number of terminal acetylenes is 1. The molecule has 0 unspecified atom stereocenters. The number of carbonyl (C=O) groups is 1. The van der Waals surface area contributed by atoms with Crippen LogP contribution in [0.15, 0.2) is 22.6 Å². The SMILES string of the molecule is C#CCOC(=O)c1ccc(Cn2nc(C)cc2C)o1. The van der Waals surface area contributed by atoms with Crippen molar-refractivity contribution < 1.29 is 13.9 Å². The van der Waals surface area contributed by atoms with Crippen LogP contribution in [-0.2, 0) is 11.3 Å². The zero-order valence-corrected chi connectivity index (χ0v) is 10.8. The Morgan fingerprint density at radius 3 is 2.95 bits per heavy atom. The van der Waals surface area contributed by atoms with Gasteiger partial charge in [0.1, 0.15) is 5.76 Å². The summed E-state index contributed by atoms with van der Waals surface area (Å²) < 4.78 is 12.0. The van der Waals surface area contributed by atoms with Gasteiger partial charge < -0.3 is 9.15 Å². The molecule has 0 amide bonds. The summed E-state index contributed by atoms with van der Waals surface area (Å²) in [6, 6.07) is 5.27. The van der Waals surface area contributed by atoms with Crippen molar-refractivity contribution in [3.63, 3.8) is 0 Å². The van der Waals surface area contributed by atoms with Crippen LogP contribution in [0.4, 0.5) is 0 Å². The third-order valence-electron chi connectivity index (χ3n) is 2.56. The summed E-state index contributed by atoms with van der Waals surface area (Å²) in [5.41, 5.74) is 1.98. The first-order valence-electron chi connectivity index (χ1n) is 5.80. The van der Waals surface area contributed by atoms with E-state index in [-0.39, 0.29) is 12.4 Å². The monoisotopic (exact) mass is 258 g/mol. The molecule has 0 saturated heterocycles. The van der Waals surface area contributed by atoms with E-state index in [1.54, 1.807) is 12.1 Å². The minimum atomic E-state index is -0.558. The molecular weight excluding hydrogens is 244 g/mol. The van der Waals surface area contributed by atoms with Gasteiger partial charge in [-0.25, -0.2) is 4.79 Å². The highest BCUT2D eigenvalue weighted by Crippen LogP contribution is 2.12. The van der Waals surface area contributed by atoms with E-state index in [4.69, 9.17) is 15.6 Å². The molecule has 0 aliphatic heterocycles. The Hall–Kier alpha value is -2.48. The molecule has 0 atom stereocenters. The second kappa shape index (κ2) is 5.44. The van der Waals surface area contributed by atoms with Gasteiger partial charge in [-0.05, 0) is 32.0 Å². The van der Waals surface area contributed by atoms with Gasteiger partial charge in [0.05, 0.1) is 12.2 Å². The lowest BCUT2D eigenvalue weighted by atomic mass is 10.4. The highest BCUT2D eigenvalue weighted by Gasteiger charge is 2.13. The molecule has 0 spiro atoms. The number of aromatic nitrogens is 2. The van der Waals surface area contributed by atoms with Gasteiger partial charge in [-0.3, -0.25) is 4.68 Å². The molecule has 0 fully saturated rings. The summed E-state index contributed by atoms with van der Waals surface area (Å²) >= 11 is 0. The fourth-order valence-electron chi connectivity index (χ4n) is 1.73. The number of nitrogens with zero attached hydrogens (tertiary/aromatic N) is 2. The molecule has 0 N–H and O–H groups in total. The average molecular weight is 258 g/mol. The maximum atomic E-state index is 11.5. The van der Waals surface area contributed by atoms with Crippen LogP contribution >= 0.6 is 0 Å². The quantitative estimate of drug-likeness (QED) is 0.621. The number of furan rings is 1.